The number of anilines is 1. The third-order valence-electron chi connectivity index (χ3n) is 5.23. The molecule has 10 heteroatoms. The number of amides is 2. The molecular formula is C21H17F4N3O3. The number of nitrogens with zero attached hydrogens (tertiary/aromatic N) is 1. The van der Waals surface area contributed by atoms with Crippen LogP contribution in [0, 0.1) is 11.6 Å². The molecule has 1 aliphatic rings. The van der Waals surface area contributed by atoms with Crippen molar-refractivity contribution in [2.24, 2.45) is 0 Å². The van der Waals surface area contributed by atoms with Crippen LogP contribution in [0.25, 0.3) is 10.8 Å². The van der Waals surface area contributed by atoms with Crippen molar-refractivity contribution in [2.45, 2.75) is 19.1 Å². The van der Waals surface area contributed by atoms with Crippen LogP contribution in [0.5, 0.6) is 0 Å². The number of ether oxygens (including phenoxy) is 1. The molecule has 2 aromatic carbocycles. The Kier molecular flexibility index (Phi) is 5.40. The highest BCUT2D eigenvalue weighted by Crippen LogP contribution is 2.33. The fourth-order valence-electron chi connectivity index (χ4n) is 3.67. The number of hydrogen-bond acceptors (Lipinski definition) is 3. The van der Waals surface area contributed by atoms with Gasteiger partial charge in [0.15, 0.2) is 0 Å². The maximum absolute atomic E-state index is 13.7. The number of pyridine rings is 1. The normalized spacial score (nSPS) is 15.7. The first-order valence-corrected chi connectivity index (χ1v) is 9.29. The number of rotatable bonds is 3. The Morgan fingerprint density at radius 1 is 1.19 bits per heavy atom. The van der Waals surface area contributed by atoms with Gasteiger partial charge in [-0.2, -0.15) is 0 Å². The molecule has 2 N–H and O–H groups in total. The SMILES string of the molecule is CN(C(=O)Nc1ccc(F)c(C(F)F)c1)C1COCc2[nH]c(=O)c3cc(F)ccc3c21. The van der Waals surface area contributed by atoms with Crippen LogP contribution in [0.3, 0.4) is 0 Å². The lowest BCUT2D eigenvalue weighted by Crippen LogP contribution is -2.39. The van der Waals surface area contributed by atoms with Gasteiger partial charge in [0.1, 0.15) is 11.6 Å². The van der Waals surface area contributed by atoms with Gasteiger partial charge in [0.25, 0.3) is 12.0 Å². The monoisotopic (exact) mass is 435 g/mol. The van der Waals surface area contributed by atoms with Crippen molar-refractivity contribution in [3.8, 4) is 0 Å². The van der Waals surface area contributed by atoms with Crippen LogP contribution in [-0.4, -0.2) is 29.6 Å². The van der Waals surface area contributed by atoms with Crippen molar-refractivity contribution in [1.82, 2.24) is 9.88 Å². The number of aromatic amines is 1. The van der Waals surface area contributed by atoms with Crippen LogP contribution in [0.2, 0.25) is 0 Å². The zero-order chi connectivity index (χ0) is 22.3. The maximum Gasteiger partial charge on any atom is 0.322 e. The van der Waals surface area contributed by atoms with E-state index in [0.29, 0.717) is 16.6 Å². The van der Waals surface area contributed by atoms with Crippen molar-refractivity contribution in [2.75, 3.05) is 19.0 Å². The van der Waals surface area contributed by atoms with Crippen LogP contribution in [0.15, 0.2) is 41.2 Å². The maximum atomic E-state index is 13.7. The highest BCUT2D eigenvalue weighted by molar-refractivity contribution is 5.91. The number of nitrogens with one attached hydrogen (secondary N) is 2. The number of fused-ring (bicyclic) bond motifs is 3. The lowest BCUT2D eigenvalue weighted by Gasteiger charge is -2.33. The van der Waals surface area contributed by atoms with Crippen molar-refractivity contribution in [3.63, 3.8) is 0 Å². The number of hydrogen-bond donors (Lipinski definition) is 2. The molecular weight excluding hydrogens is 418 g/mol. The van der Waals surface area contributed by atoms with Gasteiger partial charge in [-0.05, 0) is 35.7 Å². The second-order valence-electron chi connectivity index (χ2n) is 7.15. The Morgan fingerprint density at radius 3 is 2.71 bits per heavy atom. The summed E-state index contributed by atoms with van der Waals surface area (Å²) in [5, 5.41) is 3.08. The molecule has 1 aromatic heterocycles. The largest absolute Gasteiger partial charge is 0.373 e. The Bertz CT molecular complexity index is 1230. The molecule has 1 atom stereocenters. The Morgan fingerprint density at radius 2 is 1.97 bits per heavy atom. The summed E-state index contributed by atoms with van der Waals surface area (Å²) in [4.78, 5) is 29.0. The molecule has 31 heavy (non-hydrogen) atoms. The zero-order valence-electron chi connectivity index (χ0n) is 16.2. The third kappa shape index (κ3) is 3.86. The van der Waals surface area contributed by atoms with Crippen molar-refractivity contribution in [3.05, 3.63) is 75.2 Å². The van der Waals surface area contributed by atoms with Gasteiger partial charge in [0.05, 0.1) is 30.2 Å². The molecule has 0 bridgehead atoms. The summed E-state index contributed by atoms with van der Waals surface area (Å²) < 4.78 is 58.5. The molecule has 0 spiro atoms. The Labute approximate surface area is 173 Å². The number of carbonyl (C=O) groups is 1. The van der Waals surface area contributed by atoms with Gasteiger partial charge < -0.3 is 19.9 Å². The summed E-state index contributed by atoms with van der Waals surface area (Å²) >= 11 is 0. The van der Waals surface area contributed by atoms with E-state index < -0.39 is 41.3 Å². The summed E-state index contributed by atoms with van der Waals surface area (Å²) in [5.41, 5.74) is -0.237. The average Bonchev–Trinajstić information content (AvgIpc) is 2.74. The second-order valence-corrected chi connectivity index (χ2v) is 7.15. The fraction of sp³-hybridized carbons (Fsp3) is 0.238. The molecule has 2 heterocycles. The standard InChI is InChI=1S/C21H17F4N3O3/c1-28(21(30)26-11-3-5-15(23)14(7-11)19(24)25)17-9-31-8-16-18(17)12-4-2-10(22)6-13(12)20(29)27-16/h2-7,17,19H,8-9H2,1H3,(H,26,30)(H,27,29). The van der Waals surface area contributed by atoms with E-state index in [0.717, 1.165) is 18.2 Å². The molecule has 162 valence electrons. The first kappa shape index (κ1) is 20.9. The lowest BCUT2D eigenvalue weighted by molar-refractivity contribution is 0.0527. The van der Waals surface area contributed by atoms with E-state index in [1.807, 2.05) is 0 Å². The quantitative estimate of drug-likeness (QED) is 0.596. The predicted octanol–water partition coefficient (Wildman–Crippen LogP) is 4.48. The molecule has 4 rings (SSSR count). The molecule has 0 saturated carbocycles. The molecule has 1 aliphatic heterocycles. The topological polar surface area (TPSA) is 74.4 Å². The van der Waals surface area contributed by atoms with Gasteiger partial charge >= 0.3 is 6.03 Å². The minimum atomic E-state index is -3.03. The van der Waals surface area contributed by atoms with E-state index in [9.17, 15) is 27.2 Å². The van der Waals surface area contributed by atoms with E-state index in [1.54, 1.807) is 0 Å². The van der Waals surface area contributed by atoms with Crippen LogP contribution >= 0.6 is 0 Å². The highest BCUT2D eigenvalue weighted by atomic mass is 19.3. The minimum Gasteiger partial charge on any atom is -0.373 e. The number of likely N-dealkylation sites (N-methyl/N-ethyl adjacent to an activating group) is 1. The molecule has 6 nitrogen and oxygen atoms in total. The highest BCUT2D eigenvalue weighted by Gasteiger charge is 2.30. The number of halogens is 4. The van der Waals surface area contributed by atoms with E-state index in [4.69, 9.17) is 4.74 Å². The van der Waals surface area contributed by atoms with Crippen LogP contribution < -0.4 is 10.9 Å². The molecule has 3 aromatic rings. The molecule has 1 unspecified atom stereocenters. The van der Waals surface area contributed by atoms with Crippen molar-refractivity contribution < 1.29 is 27.1 Å². The summed E-state index contributed by atoms with van der Waals surface area (Å²) in [6, 6.07) is 5.39. The molecule has 0 radical (unpaired) electrons. The molecule has 0 aliphatic carbocycles. The summed E-state index contributed by atoms with van der Waals surface area (Å²) in [6.45, 7) is 0.209. The number of aromatic nitrogens is 1. The number of benzene rings is 2. The second kappa shape index (κ2) is 8.03. The van der Waals surface area contributed by atoms with Gasteiger partial charge in [-0.25, -0.2) is 22.4 Å². The fourth-order valence-corrected chi connectivity index (χ4v) is 3.67. The van der Waals surface area contributed by atoms with E-state index >= 15 is 0 Å². The van der Waals surface area contributed by atoms with E-state index in [-0.39, 0.29) is 24.3 Å². The summed E-state index contributed by atoms with van der Waals surface area (Å²) in [5.74, 6) is -1.64. The number of H-pyrrole nitrogens is 1. The van der Waals surface area contributed by atoms with E-state index in [1.165, 1.54) is 30.1 Å². The average molecular weight is 435 g/mol. The molecule has 0 saturated heterocycles. The van der Waals surface area contributed by atoms with Crippen LogP contribution in [0.4, 0.5) is 28.0 Å². The summed E-state index contributed by atoms with van der Waals surface area (Å²) in [6.07, 6.45) is -3.03. The smallest absolute Gasteiger partial charge is 0.322 e. The van der Waals surface area contributed by atoms with Gasteiger partial charge in [0.2, 0.25) is 0 Å². The zero-order valence-corrected chi connectivity index (χ0v) is 16.2. The number of carbonyl (C=O) groups excluding carboxylic acids is 1. The van der Waals surface area contributed by atoms with Gasteiger partial charge in [-0.15, -0.1) is 0 Å². The summed E-state index contributed by atoms with van der Waals surface area (Å²) in [7, 11) is 1.47. The van der Waals surface area contributed by atoms with Gasteiger partial charge in [0, 0.05) is 24.0 Å². The third-order valence-corrected chi connectivity index (χ3v) is 5.23. The van der Waals surface area contributed by atoms with Crippen LogP contribution in [-0.2, 0) is 11.3 Å². The minimum absolute atomic E-state index is 0.00102. The number of alkyl halides is 2. The van der Waals surface area contributed by atoms with Crippen molar-refractivity contribution in [1.29, 1.82) is 0 Å². The van der Waals surface area contributed by atoms with Crippen LogP contribution in [0.1, 0.15) is 29.3 Å². The number of urea groups is 1. The lowest BCUT2D eigenvalue weighted by atomic mass is 9.96. The van der Waals surface area contributed by atoms with Gasteiger partial charge in [-0.1, -0.05) is 6.07 Å². The molecule has 0 fully saturated rings. The van der Waals surface area contributed by atoms with E-state index in [2.05, 4.69) is 10.3 Å². The Balaban J connectivity index is 1.68. The molecule has 2 amide bonds. The first-order chi connectivity index (χ1) is 14.8. The van der Waals surface area contributed by atoms with Crippen molar-refractivity contribution >= 4 is 22.5 Å². The first-order valence-electron chi connectivity index (χ1n) is 9.29. The Hall–Kier alpha value is -3.40. The van der Waals surface area contributed by atoms with Gasteiger partial charge in [-0.3, -0.25) is 4.79 Å². The predicted molar refractivity (Wildman–Crippen MR) is 105 cm³/mol.